The van der Waals surface area contributed by atoms with E-state index < -0.39 is 30.2 Å². The quantitative estimate of drug-likeness (QED) is 0.570. The van der Waals surface area contributed by atoms with Crippen LogP contribution in [0.5, 0.6) is 0 Å². The van der Waals surface area contributed by atoms with Crippen LogP contribution in [0.3, 0.4) is 0 Å². The number of carbonyl (C=O) groups is 4. The Morgan fingerprint density at radius 1 is 1.19 bits per heavy atom. The molecule has 1 rings (SSSR count). The summed E-state index contributed by atoms with van der Waals surface area (Å²) in [5.74, 6) is -3.06. The number of amides is 3. The zero-order chi connectivity index (χ0) is 16.0. The zero-order valence-electron chi connectivity index (χ0n) is 11.3. The van der Waals surface area contributed by atoms with E-state index in [2.05, 4.69) is 10.6 Å². The number of primary amides is 1. The molecule has 0 saturated heterocycles. The molecule has 0 radical (unpaired) electrons. The SMILES string of the molecule is CC(=O)Nc1ccc(C(=O)N[C@H](CC(=O)O)C(N)=O)cc1. The van der Waals surface area contributed by atoms with Crippen molar-refractivity contribution in [3.05, 3.63) is 29.8 Å². The number of carboxylic acid groups (broad SMARTS) is 1. The fourth-order valence-electron chi connectivity index (χ4n) is 1.55. The summed E-state index contributed by atoms with van der Waals surface area (Å²) in [4.78, 5) is 44.4. The van der Waals surface area contributed by atoms with Crippen molar-refractivity contribution in [2.45, 2.75) is 19.4 Å². The Bertz CT molecular complexity index is 568. The van der Waals surface area contributed by atoms with Crippen LogP contribution < -0.4 is 16.4 Å². The first-order chi connectivity index (χ1) is 9.79. The van der Waals surface area contributed by atoms with Crippen LogP contribution in [0, 0.1) is 0 Å². The Morgan fingerprint density at radius 3 is 2.19 bits per heavy atom. The molecule has 0 spiro atoms. The fraction of sp³-hybridized carbons (Fsp3) is 0.231. The average molecular weight is 293 g/mol. The van der Waals surface area contributed by atoms with E-state index in [4.69, 9.17) is 10.8 Å². The maximum absolute atomic E-state index is 11.9. The number of carboxylic acids is 1. The molecule has 8 heteroatoms. The molecule has 0 aromatic heterocycles. The summed E-state index contributed by atoms with van der Waals surface area (Å²) in [6, 6.07) is 4.59. The summed E-state index contributed by atoms with van der Waals surface area (Å²) >= 11 is 0. The Hall–Kier alpha value is -2.90. The van der Waals surface area contributed by atoms with E-state index in [0.29, 0.717) is 5.69 Å². The lowest BCUT2D eigenvalue weighted by Crippen LogP contribution is -2.45. The van der Waals surface area contributed by atoms with Crippen molar-refractivity contribution in [1.82, 2.24) is 5.32 Å². The monoisotopic (exact) mass is 293 g/mol. The van der Waals surface area contributed by atoms with Gasteiger partial charge in [0.1, 0.15) is 6.04 Å². The van der Waals surface area contributed by atoms with Crippen molar-refractivity contribution in [1.29, 1.82) is 0 Å². The molecule has 8 nitrogen and oxygen atoms in total. The third-order valence-corrected chi connectivity index (χ3v) is 2.49. The highest BCUT2D eigenvalue weighted by atomic mass is 16.4. The van der Waals surface area contributed by atoms with Crippen LogP contribution in [0.15, 0.2) is 24.3 Å². The van der Waals surface area contributed by atoms with E-state index in [-0.39, 0.29) is 11.5 Å². The van der Waals surface area contributed by atoms with Gasteiger partial charge in [-0.2, -0.15) is 0 Å². The molecule has 0 fully saturated rings. The van der Waals surface area contributed by atoms with Crippen LogP contribution >= 0.6 is 0 Å². The second kappa shape index (κ2) is 7.04. The number of benzene rings is 1. The summed E-state index contributed by atoms with van der Waals surface area (Å²) in [5.41, 5.74) is 5.75. The minimum absolute atomic E-state index is 0.209. The molecular formula is C13H15N3O5. The molecule has 0 aliphatic heterocycles. The molecule has 3 amide bonds. The van der Waals surface area contributed by atoms with Gasteiger partial charge in [0.25, 0.3) is 5.91 Å². The average Bonchev–Trinajstić information content (AvgIpc) is 2.37. The van der Waals surface area contributed by atoms with E-state index >= 15 is 0 Å². The van der Waals surface area contributed by atoms with E-state index in [1.807, 2.05) is 0 Å². The van der Waals surface area contributed by atoms with E-state index in [1.54, 1.807) is 0 Å². The van der Waals surface area contributed by atoms with Gasteiger partial charge in [0.15, 0.2) is 0 Å². The number of nitrogens with two attached hydrogens (primary N) is 1. The summed E-state index contributed by atoms with van der Waals surface area (Å²) in [7, 11) is 0. The van der Waals surface area contributed by atoms with Crippen molar-refractivity contribution in [2.24, 2.45) is 5.73 Å². The second-order valence-corrected chi connectivity index (χ2v) is 4.28. The molecule has 0 aliphatic rings. The van der Waals surface area contributed by atoms with Gasteiger partial charge in [-0.3, -0.25) is 19.2 Å². The van der Waals surface area contributed by atoms with Gasteiger partial charge in [-0.05, 0) is 24.3 Å². The third kappa shape index (κ3) is 5.31. The van der Waals surface area contributed by atoms with Crippen molar-refractivity contribution < 1.29 is 24.3 Å². The molecule has 0 heterocycles. The number of carbonyl (C=O) groups excluding carboxylic acids is 3. The van der Waals surface area contributed by atoms with Crippen LogP contribution in [-0.4, -0.2) is 34.8 Å². The number of hydrogen-bond donors (Lipinski definition) is 4. The lowest BCUT2D eigenvalue weighted by molar-refractivity contribution is -0.139. The van der Waals surface area contributed by atoms with Gasteiger partial charge in [0.05, 0.1) is 6.42 Å². The molecule has 0 unspecified atom stereocenters. The summed E-state index contributed by atoms with van der Waals surface area (Å²) in [5, 5.41) is 13.4. The molecule has 0 aliphatic carbocycles. The van der Waals surface area contributed by atoms with Crippen molar-refractivity contribution in [3.63, 3.8) is 0 Å². The Labute approximate surface area is 120 Å². The van der Waals surface area contributed by atoms with Crippen LogP contribution in [0.2, 0.25) is 0 Å². The maximum Gasteiger partial charge on any atom is 0.305 e. The van der Waals surface area contributed by atoms with Gasteiger partial charge < -0.3 is 21.5 Å². The van der Waals surface area contributed by atoms with Gasteiger partial charge in [0, 0.05) is 18.2 Å². The maximum atomic E-state index is 11.9. The highest BCUT2D eigenvalue weighted by Crippen LogP contribution is 2.09. The Kier molecular flexibility index (Phi) is 5.41. The number of aliphatic carboxylic acids is 1. The highest BCUT2D eigenvalue weighted by molar-refractivity contribution is 5.98. The lowest BCUT2D eigenvalue weighted by atomic mass is 10.1. The summed E-state index contributed by atoms with van der Waals surface area (Å²) in [6.07, 6.45) is -0.592. The molecule has 21 heavy (non-hydrogen) atoms. The third-order valence-electron chi connectivity index (χ3n) is 2.49. The number of hydrogen-bond acceptors (Lipinski definition) is 4. The van der Waals surface area contributed by atoms with E-state index in [9.17, 15) is 19.2 Å². The zero-order valence-corrected chi connectivity index (χ0v) is 11.3. The molecule has 5 N–H and O–H groups in total. The molecule has 1 atom stereocenters. The van der Waals surface area contributed by atoms with Crippen LogP contribution in [0.25, 0.3) is 0 Å². The van der Waals surface area contributed by atoms with Crippen LogP contribution in [0.1, 0.15) is 23.7 Å². The summed E-state index contributed by atoms with van der Waals surface area (Å²) in [6.45, 7) is 1.35. The number of nitrogens with one attached hydrogen (secondary N) is 2. The van der Waals surface area contributed by atoms with Gasteiger partial charge >= 0.3 is 5.97 Å². The number of rotatable bonds is 6. The van der Waals surface area contributed by atoms with Gasteiger partial charge in [-0.25, -0.2) is 0 Å². The molecular weight excluding hydrogens is 278 g/mol. The molecule has 0 saturated carbocycles. The Balaban J connectivity index is 2.76. The minimum atomic E-state index is -1.29. The largest absolute Gasteiger partial charge is 0.481 e. The molecule has 1 aromatic rings. The van der Waals surface area contributed by atoms with Crippen LogP contribution in [-0.2, 0) is 14.4 Å². The van der Waals surface area contributed by atoms with Gasteiger partial charge in [-0.1, -0.05) is 0 Å². The lowest BCUT2D eigenvalue weighted by Gasteiger charge is -2.13. The first-order valence-electron chi connectivity index (χ1n) is 5.99. The molecule has 112 valence electrons. The highest BCUT2D eigenvalue weighted by Gasteiger charge is 2.21. The normalized spacial score (nSPS) is 11.3. The first kappa shape index (κ1) is 16.2. The van der Waals surface area contributed by atoms with E-state index in [0.717, 1.165) is 0 Å². The smallest absolute Gasteiger partial charge is 0.305 e. The second-order valence-electron chi connectivity index (χ2n) is 4.28. The molecule has 1 aromatic carbocycles. The predicted molar refractivity (Wildman–Crippen MR) is 73.4 cm³/mol. The minimum Gasteiger partial charge on any atom is -0.481 e. The fourth-order valence-corrected chi connectivity index (χ4v) is 1.55. The van der Waals surface area contributed by atoms with Gasteiger partial charge in [0.2, 0.25) is 11.8 Å². The first-order valence-corrected chi connectivity index (χ1v) is 5.99. The predicted octanol–water partition coefficient (Wildman–Crippen LogP) is -0.297. The summed E-state index contributed by atoms with van der Waals surface area (Å²) < 4.78 is 0. The van der Waals surface area contributed by atoms with Crippen molar-refractivity contribution >= 4 is 29.4 Å². The van der Waals surface area contributed by atoms with E-state index in [1.165, 1.54) is 31.2 Å². The topological polar surface area (TPSA) is 139 Å². The molecule has 0 bridgehead atoms. The van der Waals surface area contributed by atoms with Crippen molar-refractivity contribution in [3.8, 4) is 0 Å². The van der Waals surface area contributed by atoms with Crippen molar-refractivity contribution in [2.75, 3.05) is 5.32 Å². The Morgan fingerprint density at radius 2 is 1.76 bits per heavy atom. The standard InChI is InChI=1S/C13H15N3O5/c1-7(17)15-9-4-2-8(3-5-9)13(21)16-10(12(14)20)6-11(18)19/h2-5,10H,6H2,1H3,(H2,14,20)(H,15,17)(H,16,21)(H,18,19)/t10-/m1/s1. The van der Waals surface area contributed by atoms with Crippen LogP contribution in [0.4, 0.5) is 5.69 Å². The van der Waals surface area contributed by atoms with Gasteiger partial charge in [-0.15, -0.1) is 0 Å². The number of anilines is 1.